The van der Waals surface area contributed by atoms with Gasteiger partial charge in [-0.1, -0.05) is 0 Å². The molecule has 0 aromatic carbocycles. The topological polar surface area (TPSA) is 41.6 Å². The van der Waals surface area contributed by atoms with E-state index in [-0.39, 0.29) is 18.1 Å². The van der Waals surface area contributed by atoms with E-state index >= 15 is 0 Å². The van der Waals surface area contributed by atoms with Gasteiger partial charge in [0.25, 0.3) is 0 Å². The third-order valence-corrected chi connectivity index (χ3v) is 3.41. The summed E-state index contributed by atoms with van der Waals surface area (Å²) in [5.74, 6) is 0.891. The van der Waals surface area contributed by atoms with Gasteiger partial charge in [-0.15, -0.1) is 0 Å². The van der Waals surface area contributed by atoms with E-state index < -0.39 is 0 Å². The second-order valence-electron chi connectivity index (χ2n) is 4.61. The summed E-state index contributed by atoms with van der Waals surface area (Å²) in [7, 11) is 0. The van der Waals surface area contributed by atoms with Crippen molar-refractivity contribution >= 4 is 5.91 Å². The predicted octanol–water partition coefficient (Wildman–Crippen LogP) is 0.579. The SMILES string of the molecule is CC1NC(C)N(CCC2CCOC2)C1=O. The van der Waals surface area contributed by atoms with Crippen LogP contribution >= 0.6 is 0 Å². The molecule has 4 heteroatoms. The molecule has 1 N–H and O–H groups in total. The largest absolute Gasteiger partial charge is 0.381 e. The normalized spacial score (nSPS) is 36.5. The van der Waals surface area contributed by atoms with Gasteiger partial charge >= 0.3 is 0 Å². The second-order valence-corrected chi connectivity index (χ2v) is 4.61. The van der Waals surface area contributed by atoms with Gasteiger partial charge in [-0.25, -0.2) is 0 Å². The molecule has 3 atom stereocenters. The highest BCUT2D eigenvalue weighted by Gasteiger charge is 2.33. The van der Waals surface area contributed by atoms with Crippen LogP contribution in [0, 0.1) is 5.92 Å². The molecular formula is C11H20N2O2. The number of amides is 1. The quantitative estimate of drug-likeness (QED) is 0.744. The molecule has 0 aromatic rings. The van der Waals surface area contributed by atoms with Crippen molar-refractivity contribution in [2.24, 2.45) is 5.92 Å². The Bertz CT molecular complexity index is 239. The molecule has 0 radical (unpaired) electrons. The van der Waals surface area contributed by atoms with E-state index in [4.69, 9.17) is 4.74 Å². The highest BCUT2D eigenvalue weighted by Crippen LogP contribution is 2.19. The van der Waals surface area contributed by atoms with E-state index in [1.807, 2.05) is 18.7 Å². The minimum absolute atomic E-state index is 0.0140. The lowest BCUT2D eigenvalue weighted by molar-refractivity contribution is -0.129. The van der Waals surface area contributed by atoms with Crippen LogP contribution < -0.4 is 5.32 Å². The summed E-state index contributed by atoms with van der Waals surface area (Å²) in [6.45, 7) is 6.61. The third kappa shape index (κ3) is 2.32. The first-order valence-corrected chi connectivity index (χ1v) is 5.82. The Hall–Kier alpha value is -0.610. The fourth-order valence-electron chi connectivity index (χ4n) is 2.40. The van der Waals surface area contributed by atoms with Crippen molar-refractivity contribution in [2.45, 2.75) is 38.9 Å². The molecule has 15 heavy (non-hydrogen) atoms. The van der Waals surface area contributed by atoms with Crippen LogP contribution in [0.1, 0.15) is 26.7 Å². The molecule has 0 bridgehead atoms. The average Bonchev–Trinajstić information content (AvgIpc) is 2.76. The molecule has 2 aliphatic rings. The van der Waals surface area contributed by atoms with E-state index in [0.29, 0.717) is 5.92 Å². The van der Waals surface area contributed by atoms with Crippen molar-refractivity contribution in [3.8, 4) is 0 Å². The Morgan fingerprint density at radius 1 is 1.53 bits per heavy atom. The first-order chi connectivity index (χ1) is 7.18. The molecule has 2 rings (SSSR count). The zero-order valence-corrected chi connectivity index (χ0v) is 9.53. The van der Waals surface area contributed by atoms with Gasteiger partial charge in [0, 0.05) is 19.8 Å². The van der Waals surface area contributed by atoms with Gasteiger partial charge in [0.05, 0.1) is 12.2 Å². The highest BCUT2D eigenvalue weighted by molar-refractivity contribution is 5.83. The molecule has 86 valence electrons. The monoisotopic (exact) mass is 212 g/mol. The summed E-state index contributed by atoms with van der Waals surface area (Å²) in [5, 5.41) is 3.24. The predicted molar refractivity (Wildman–Crippen MR) is 57.3 cm³/mol. The maximum atomic E-state index is 11.8. The van der Waals surface area contributed by atoms with Gasteiger partial charge in [0.1, 0.15) is 0 Å². The molecule has 2 fully saturated rings. The van der Waals surface area contributed by atoms with E-state index in [9.17, 15) is 4.79 Å². The Morgan fingerprint density at radius 3 is 2.87 bits per heavy atom. The minimum atomic E-state index is -0.0140. The molecule has 0 aromatic heterocycles. The van der Waals surface area contributed by atoms with Crippen molar-refractivity contribution in [1.29, 1.82) is 0 Å². The van der Waals surface area contributed by atoms with Crippen molar-refractivity contribution in [3.63, 3.8) is 0 Å². The summed E-state index contributed by atoms with van der Waals surface area (Å²) in [6.07, 6.45) is 2.42. The van der Waals surface area contributed by atoms with Crippen molar-refractivity contribution in [2.75, 3.05) is 19.8 Å². The number of rotatable bonds is 3. The van der Waals surface area contributed by atoms with Crippen LogP contribution in [0.25, 0.3) is 0 Å². The summed E-state index contributed by atoms with van der Waals surface area (Å²) in [4.78, 5) is 13.7. The number of ether oxygens (including phenoxy) is 1. The first-order valence-electron chi connectivity index (χ1n) is 5.82. The molecule has 1 amide bonds. The average molecular weight is 212 g/mol. The number of hydrogen-bond donors (Lipinski definition) is 1. The Labute approximate surface area is 91.0 Å². The van der Waals surface area contributed by atoms with Gasteiger partial charge in [0.15, 0.2) is 0 Å². The van der Waals surface area contributed by atoms with Crippen molar-refractivity contribution in [3.05, 3.63) is 0 Å². The maximum Gasteiger partial charge on any atom is 0.240 e. The number of carbonyl (C=O) groups is 1. The van der Waals surface area contributed by atoms with Crippen LogP contribution in [0.4, 0.5) is 0 Å². The number of carbonyl (C=O) groups excluding carboxylic acids is 1. The van der Waals surface area contributed by atoms with Gasteiger partial charge < -0.3 is 9.64 Å². The van der Waals surface area contributed by atoms with Gasteiger partial charge in [-0.3, -0.25) is 10.1 Å². The zero-order chi connectivity index (χ0) is 10.8. The summed E-state index contributed by atoms with van der Waals surface area (Å²) in [5.41, 5.74) is 0. The standard InChI is InChI=1S/C11H20N2O2/c1-8-11(14)13(9(2)12-8)5-3-10-4-6-15-7-10/h8-10,12H,3-7H2,1-2H3. The number of hydrogen-bond acceptors (Lipinski definition) is 3. The van der Waals surface area contributed by atoms with Crippen LogP contribution in [0.15, 0.2) is 0 Å². The Balaban J connectivity index is 1.80. The number of nitrogens with zero attached hydrogens (tertiary/aromatic N) is 1. The van der Waals surface area contributed by atoms with E-state index in [0.717, 1.165) is 32.6 Å². The van der Waals surface area contributed by atoms with Gasteiger partial charge in [-0.05, 0) is 32.6 Å². The zero-order valence-electron chi connectivity index (χ0n) is 9.53. The lowest BCUT2D eigenvalue weighted by Gasteiger charge is -2.22. The van der Waals surface area contributed by atoms with Crippen LogP contribution in [0.5, 0.6) is 0 Å². The molecular weight excluding hydrogens is 192 g/mol. The second kappa shape index (κ2) is 4.49. The van der Waals surface area contributed by atoms with E-state index in [1.54, 1.807) is 0 Å². The smallest absolute Gasteiger partial charge is 0.240 e. The maximum absolute atomic E-state index is 11.8. The lowest BCUT2D eigenvalue weighted by atomic mass is 10.0. The molecule has 2 saturated heterocycles. The summed E-state index contributed by atoms with van der Waals surface area (Å²) in [6, 6.07) is -0.0140. The van der Waals surface area contributed by atoms with Gasteiger partial charge in [0.2, 0.25) is 5.91 Å². The minimum Gasteiger partial charge on any atom is -0.381 e. The molecule has 4 nitrogen and oxygen atoms in total. The van der Waals surface area contributed by atoms with E-state index in [1.165, 1.54) is 0 Å². The van der Waals surface area contributed by atoms with Crippen LogP contribution in [0.2, 0.25) is 0 Å². The Morgan fingerprint density at radius 2 is 2.33 bits per heavy atom. The highest BCUT2D eigenvalue weighted by atomic mass is 16.5. The van der Waals surface area contributed by atoms with Crippen molar-refractivity contribution in [1.82, 2.24) is 10.2 Å². The molecule has 2 aliphatic heterocycles. The first kappa shape index (κ1) is 10.9. The number of nitrogens with one attached hydrogen (secondary N) is 1. The van der Waals surface area contributed by atoms with Gasteiger partial charge in [-0.2, -0.15) is 0 Å². The summed E-state index contributed by atoms with van der Waals surface area (Å²) < 4.78 is 5.33. The molecule has 0 aliphatic carbocycles. The molecule has 2 heterocycles. The van der Waals surface area contributed by atoms with Crippen LogP contribution in [-0.4, -0.2) is 42.8 Å². The van der Waals surface area contributed by atoms with Crippen LogP contribution in [0.3, 0.4) is 0 Å². The fourth-order valence-corrected chi connectivity index (χ4v) is 2.40. The van der Waals surface area contributed by atoms with Crippen molar-refractivity contribution < 1.29 is 9.53 Å². The fraction of sp³-hybridized carbons (Fsp3) is 0.909. The Kier molecular flexibility index (Phi) is 3.26. The third-order valence-electron chi connectivity index (χ3n) is 3.41. The summed E-state index contributed by atoms with van der Waals surface area (Å²) >= 11 is 0. The van der Waals surface area contributed by atoms with E-state index in [2.05, 4.69) is 5.32 Å². The molecule has 0 saturated carbocycles. The molecule has 3 unspecified atom stereocenters. The molecule has 0 spiro atoms. The lowest BCUT2D eigenvalue weighted by Crippen LogP contribution is -2.36. The van der Waals surface area contributed by atoms with Crippen LogP contribution in [-0.2, 0) is 9.53 Å².